The average Bonchev–Trinajstić information content (AvgIpc) is 4.08. The molecule has 4 N–H and O–H groups in total. The molecule has 1 spiro atoms. The number of sulfonamides is 1. The number of hydrogen-bond donors (Lipinski definition) is 3. The molecule has 2 aliphatic carbocycles. The molecule has 2 saturated heterocycles. The topological polar surface area (TPSA) is 166 Å². The summed E-state index contributed by atoms with van der Waals surface area (Å²) in [6.07, 6.45) is 5.27. The van der Waals surface area contributed by atoms with Gasteiger partial charge in [0.25, 0.3) is 0 Å². The van der Waals surface area contributed by atoms with Crippen LogP contribution in [0.5, 0.6) is 11.5 Å². The summed E-state index contributed by atoms with van der Waals surface area (Å²) in [5.74, 6) is 1.18. The summed E-state index contributed by atoms with van der Waals surface area (Å²) in [6.45, 7) is 0.883. The first kappa shape index (κ1) is 36.3. The van der Waals surface area contributed by atoms with Crippen molar-refractivity contribution in [2.75, 3.05) is 40.0 Å². The van der Waals surface area contributed by atoms with Crippen molar-refractivity contribution >= 4 is 19.9 Å². The second kappa shape index (κ2) is 13.7. The number of ether oxygens (including phenoxy) is 3. The van der Waals surface area contributed by atoms with Crippen molar-refractivity contribution in [3.63, 3.8) is 0 Å². The van der Waals surface area contributed by atoms with Gasteiger partial charge >= 0.3 is 0 Å². The summed E-state index contributed by atoms with van der Waals surface area (Å²) in [5.41, 5.74) is 8.38. The molecule has 0 unspecified atom stereocenters. The van der Waals surface area contributed by atoms with E-state index in [1.165, 1.54) is 12.1 Å². The first-order valence-electron chi connectivity index (χ1n) is 17.8. The van der Waals surface area contributed by atoms with E-state index in [0.717, 1.165) is 36.8 Å². The third kappa shape index (κ3) is 7.18. The predicted octanol–water partition coefficient (Wildman–Crippen LogP) is 4.39. The van der Waals surface area contributed by atoms with Crippen LogP contribution in [-0.4, -0.2) is 87.8 Å². The van der Waals surface area contributed by atoms with E-state index < -0.39 is 37.3 Å². The largest absolute Gasteiger partial charge is 0.496 e. The Hall–Kier alpha value is -3.04. The molecule has 0 radical (unpaired) electrons. The van der Waals surface area contributed by atoms with Crippen LogP contribution in [0, 0.1) is 5.92 Å². The summed E-state index contributed by atoms with van der Waals surface area (Å²) in [4.78, 5) is 0.338. The van der Waals surface area contributed by atoms with E-state index in [9.17, 15) is 27.0 Å². The number of hydrogen-bond acceptors (Lipinski definition) is 10. The van der Waals surface area contributed by atoms with E-state index in [-0.39, 0.29) is 33.5 Å². The Morgan fingerprint density at radius 2 is 1.67 bits per heavy atom. The Bertz CT molecular complexity index is 1950. The number of nitrogens with zero attached hydrogens (tertiary/aromatic N) is 1. The number of aliphatic hydroxyl groups excluding tert-OH is 2. The minimum atomic E-state index is -3.76. The van der Waals surface area contributed by atoms with Gasteiger partial charge in [-0.25, -0.2) is 16.8 Å². The van der Waals surface area contributed by atoms with E-state index >= 15 is 0 Å². The summed E-state index contributed by atoms with van der Waals surface area (Å²) >= 11 is 0. The number of rotatable bonds is 14. The average molecular weight is 741 g/mol. The van der Waals surface area contributed by atoms with Crippen LogP contribution in [0.25, 0.3) is 11.1 Å². The van der Waals surface area contributed by atoms with Gasteiger partial charge in [0.2, 0.25) is 10.0 Å². The van der Waals surface area contributed by atoms with Gasteiger partial charge in [0.05, 0.1) is 46.6 Å². The number of sulfone groups is 1. The highest BCUT2D eigenvalue weighted by Crippen LogP contribution is 2.47. The van der Waals surface area contributed by atoms with E-state index in [2.05, 4.69) is 0 Å². The first-order chi connectivity index (χ1) is 24.3. The fraction of sp³-hybridized carbons (Fsp3) is 0.526. The molecule has 2 saturated carbocycles. The van der Waals surface area contributed by atoms with Crippen molar-refractivity contribution < 1.29 is 41.3 Å². The van der Waals surface area contributed by atoms with Gasteiger partial charge in [-0.2, -0.15) is 4.31 Å². The molecule has 51 heavy (non-hydrogen) atoms. The molecule has 3 aromatic rings. The maximum Gasteiger partial charge on any atom is 0.243 e. The van der Waals surface area contributed by atoms with Gasteiger partial charge in [0.1, 0.15) is 18.1 Å². The molecule has 7 rings (SSSR count). The Kier molecular flexibility index (Phi) is 9.79. The number of nitrogens with two attached hydrogens (primary N) is 1. The molecular formula is C38H48N2O9S2. The van der Waals surface area contributed by atoms with Crippen LogP contribution in [-0.2, 0) is 30.1 Å². The molecule has 4 fully saturated rings. The third-order valence-corrected chi connectivity index (χ3v) is 15.9. The Labute approximate surface area is 300 Å². The molecule has 3 aromatic carbocycles. The normalized spacial score (nSPS) is 22.8. The van der Waals surface area contributed by atoms with Crippen molar-refractivity contribution in [3.8, 4) is 22.6 Å². The van der Waals surface area contributed by atoms with Crippen molar-refractivity contribution in [1.82, 2.24) is 4.31 Å². The molecule has 2 atom stereocenters. The molecule has 2 aliphatic heterocycles. The molecule has 0 amide bonds. The minimum absolute atomic E-state index is 0.0208. The predicted molar refractivity (Wildman–Crippen MR) is 192 cm³/mol. The second-order valence-electron chi connectivity index (χ2n) is 14.9. The third-order valence-electron chi connectivity index (χ3n) is 11.4. The molecule has 4 aliphatic rings. The van der Waals surface area contributed by atoms with Crippen molar-refractivity contribution in [1.29, 1.82) is 0 Å². The lowest BCUT2D eigenvalue weighted by Crippen LogP contribution is -2.46. The van der Waals surface area contributed by atoms with E-state index in [1.807, 2.05) is 24.3 Å². The van der Waals surface area contributed by atoms with E-state index in [0.29, 0.717) is 68.9 Å². The fourth-order valence-corrected chi connectivity index (χ4v) is 10.9. The van der Waals surface area contributed by atoms with E-state index in [4.69, 9.17) is 19.9 Å². The SMILES string of the molecule is COc1ccc(S(=O)(=O)N2CCC3(CC2)C[C@@H](CC[C@H](O)COc2cccc(S(=O)(=O)C4(CO)CC4)c2)CO3)cc1-c1ccc(C2(N)CC2)cc1. The maximum absolute atomic E-state index is 13.8. The van der Waals surface area contributed by atoms with Gasteiger partial charge in [-0.15, -0.1) is 0 Å². The molecule has 2 heterocycles. The zero-order chi connectivity index (χ0) is 36.1. The highest BCUT2D eigenvalue weighted by atomic mass is 32.2. The van der Waals surface area contributed by atoms with Gasteiger partial charge < -0.3 is 30.2 Å². The van der Waals surface area contributed by atoms with Gasteiger partial charge in [-0.05, 0) is 111 Å². The molecular weight excluding hydrogens is 693 g/mol. The van der Waals surface area contributed by atoms with E-state index in [1.54, 1.807) is 41.7 Å². The summed E-state index contributed by atoms with van der Waals surface area (Å²) in [5, 5.41) is 20.3. The van der Waals surface area contributed by atoms with Crippen LogP contribution < -0.4 is 15.2 Å². The maximum atomic E-state index is 13.8. The smallest absolute Gasteiger partial charge is 0.243 e. The zero-order valence-electron chi connectivity index (χ0n) is 29.0. The standard InChI is InChI=1S/C38H48N2O9S2/c1-47-35-12-11-33(22-34(35)28-6-8-29(9-7-28)38(39)15-16-38)51(45,46)40-19-17-36(18-20-40)23-27(24-49-36)5-10-30(42)25-48-31-3-2-4-32(21-31)50(43,44)37(26-41)13-14-37/h2-4,6-9,11-12,21-22,27,30,41-42H,5,10,13-20,23-26,39H2,1H3/t27-,30+/m1/s1. The van der Waals surface area contributed by atoms with Crippen LogP contribution in [0.4, 0.5) is 0 Å². The molecule has 276 valence electrons. The van der Waals surface area contributed by atoms with Crippen molar-refractivity contribution in [2.24, 2.45) is 11.7 Å². The Morgan fingerprint density at radius 1 is 0.941 bits per heavy atom. The van der Waals surface area contributed by atoms with Crippen LogP contribution in [0.2, 0.25) is 0 Å². The highest BCUT2D eigenvalue weighted by Gasteiger charge is 2.54. The molecule has 13 heteroatoms. The molecule has 0 bridgehead atoms. The van der Waals surface area contributed by atoms with Gasteiger partial charge in [0, 0.05) is 24.2 Å². The Balaban J connectivity index is 0.906. The van der Waals surface area contributed by atoms with Crippen LogP contribution >= 0.6 is 0 Å². The summed E-state index contributed by atoms with van der Waals surface area (Å²) in [6, 6.07) is 19.2. The summed E-state index contributed by atoms with van der Waals surface area (Å²) in [7, 11) is -5.85. The first-order valence-corrected chi connectivity index (χ1v) is 20.7. The number of methoxy groups -OCH3 is 1. The van der Waals surface area contributed by atoms with Crippen LogP contribution in [0.3, 0.4) is 0 Å². The highest BCUT2D eigenvalue weighted by molar-refractivity contribution is 7.93. The Morgan fingerprint density at radius 3 is 2.31 bits per heavy atom. The number of piperidine rings is 1. The van der Waals surface area contributed by atoms with Crippen LogP contribution in [0.15, 0.2) is 76.5 Å². The van der Waals surface area contributed by atoms with Crippen LogP contribution in [0.1, 0.15) is 63.4 Å². The fourth-order valence-electron chi connectivity index (χ4n) is 7.57. The molecule has 11 nitrogen and oxygen atoms in total. The van der Waals surface area contributed by atoms with Gasteiger partial charge in [-0.3, -0.25) is 0 Å². The van der Waals surface area contributed by atoms with Gasteiger partial charge in [0.15, 0.2) is 9.84 Å². The zero-order valence-corrected chi connectivity index (χ0v) is 30.6. The van der Waals surface area contributed by atoms with Gasteiger partial charge in [-0.1, -0.05) is 30.3 Å². The lowest BCUT2D eigenvalue weighted by molar-refractivity contribution is -0.0314. The lowest BCUT2D eigenvalue weighted by Gasteiger charge is -2.38. The number of benzene rings is 3. The van der Waals surface area contributed by atoms with Crippen molar-refractivity contribution in [3.05, 3.63) is 72.3 Å². The molecule has 0 aromatic heterocycles. The second-order valence-corrected chi connectivity index (χ2v) is 19.2. The quantitative estimate of drug-likeness (QED) is 0.216. The van der Waals surface area contributed by atoms with Crippen molar-refractivity contribution in [2.45, 2.75) is 89.6 Å². The summed E-state index contributed by atoms with van der Waals surface area (Å²) < 4.78 is 71.7. The lowest BCUT2D eigenvalue weighted by atomic mass is 9.84. The minimum Gasteiger partial charge on any atom is -0.496 e. The monoisotopic (exact) mass is 740 g/mol. The number of aliphatic hydroxyl groups is 2.